The maximum atomic E-state index is 13.1. The Balaban J connectivity index is 1.81. The van der Waals surface area contributed by atoms with Gasteiger partial charge >= 0.3 is 11.9 Å². The zero-order chi connectivity index (χ0) is 53.9. The highest BCUT2D eigenvalue weighted by Gasteiger charge is 2.47. The number of rotatable bonds is 43. The van der Waals surface area contributed by atoms with Gasteiger partial charge < -0.3 is 64.2 Å². The summed E-state index contributed by atoms with van der Waals surface area (Å²) < 4.78 is 33.6. The average molecular weight is 1050 g/mol. The van der Waals surface area contributed by atoms with E-state index >= 15 is 0 Å². The number of hydrogen-bond donors (Lipinski definition) is 7. The Morgan fingerprint density at radius 3 is 1.39 bits per heavy atom. The van der Waals surface area contributed by atoms with Gasteiger partial charge in [-0.05, 0) is 77.0 Å². The molecule has 0 radical (unpaired) electrons. The van der Waals surface area contributed by atoms with Crippen LogP contribution in [-0.4, -0.2) is 142 Å². The number of aliphatic hydroxyl groups excluding tert-OH is 7. The molecule has 2 aliphatic rings. The molecule has 0 amide bonds. The van der Waals surface area contributed by atoms with Crippen LogP contribution in [0.3, 0.4) is 0 Å². The molecule has 0 aromatic heterocycles. The third kappa shape index (κ3) is 31.7. The number of esters is 2. The largest absolute Gasteiger partial charge is 0.462 e. The van der Waals surface area contributed by atoms with Gasteiger partial charge in [0.1, 0.15) is 55.4 Å². The standard InChI is InChI=1S/C59H98O15/c1-3-5-7-9-11-13-15-17-19-21-23-25-27-29-31-33-35-37-39-41-50(61)69-44-47(72-51(62)42-40-38-36-34-32-30-28-26-24-22-20-18-16-14-12-10-8-6-4-2)45-70-58-57(68)55(66)53(64)49(74-58)46-71-59-56(67)54(65)52(63)48(43-60)73-59/h5,7,11,13,17-20,23,25,29,31,35,37,47-49,52-60,63-68H,3-4,6,8-10,12,14-16,21-22,24,26-28,30,32-34,36,38-46H2,1-2H3/b7-5+,13-11+,19-17+,20-18+,25-23+,31-29+,37-35+/t47-,48+,49+,52-,53-,54?,55?,56?,57?,58+,59+/m0/s1. The van der Waals surface area contributed by atoms with E-state index in [2.05, 4.69) is 86.8 Å². The number of ether oxygens (including phenoxy) is 6. The zero-order valence-electron chi connectivity index (χ0n) is 45.0. The van der Waals surface area contributed by atoms with Crippen LogP contribution in [0.15, 0.2) is 85.1 Å². The van der Waals surface area contributed by atoms with Crippen molar-refractivity contribution >= 4 is 11.9 Å². The van der Waals surface area contributed by atoms with Gasteiger partial charge in [-0.1, -0.05) is 176 Å². The van der Waals surface area contributed by atoms with E-state index in [4.69, 9.17) is 28.4 Å². The van der Waals surface area contributed by atoms with E-state index in [1.54, 1.807) is 0 Å². The van der Waals surface area contributed by atoms with Crippen LogP contribution < -0.4 is 0 Å². The molecule has 15 heteroatoms. The van der Waals surface area contributed by atoms with Crippen molar-refractivity contribution in [3.05, 3.63) is 85.1 Å². The van der Waals surface area contributed by atoms with Crippen molar-refractivity contribution in [2.24, 2.45) is 0 Å². The first-order chi connectivity index (χ1) is 36.0. The highest BCUT2D eigenvalue weighted by atomic mass is 16.7. The van der Waals surface area contributed by atoms with E-state index < -0.39 is 99.3 Å². The fraction of sp³-hybridized carbons (Fsp3) is 0.729. The van der Waals surface area contributed by atoms with Gasteiger partial charge in [0.05, 0.1) is 19.8 Å². The molecule has 424 valence electrons. The Morgan fingerprint density at radius 2 is 0.878 bits per heavy atom. The Kier molecular flexibility index (Phi) is 40.4. The van der Waals surface area contributed by atoms with Gasteiger partial charge in [0.25, 0.3) is 0 Å². The van der Waals surface area contributed by atoms with Gasteiger partial charge in [-0.25, -0.2) is 0 Å². The van der Waals surface area contributed by atoms with Crippen molar-refractivity contribution < 1.29 is 73.8 Å². The molecule has 2 saturated heterocycles. The minimum Gasteiger partial charge on any atom is -0.462 e. The van der Waals surface area contributed by atoms with Crippen molar-refractivity contribution in [2.75, 3.05) is 26.4 Å². The number of carbonyl (C=O) groups is 2. The highest BCUT2D eigenvalue weighted by molar-refractivity contribution is 5.70. The molecule has 0 spiro atoms. The molecule has 0 aliphatic carbocycles. The molecule has 74 heavy (non-hydrogen) atoms. The third-order valence-electron chi connectivity index (χ3n) is 12.9. The molecule has 0 saturated carbocycles. The molecular weight excluding hydrogens is 949 g/mol. The van der Waals surface area contributed by atoms with Crippen LogP contribution in [0.2, 0.25) is 0 Å². The lowest BCUT2D eigenvalue weighted by atomic mass is 9.98. The summed E-state index contributed by atoms with van der Waals surface area (Å²) in [5, 5.41) is 72.2. The van der Waals surface area contributed by atoms with Crippen LogP contribution in [0.25, 0.3) is 0 Å². The number of carbonyl (C=O) groups excluding carboxylic acids is 2. The first kappa shape index (κ1) is 66.8. The van der Waals surface area contributed by atoms with Crippen LogP contribution in [-0.2, 0) is 38.0 Å². The molecule has 2 heterocycles. The summed E-state index contributed by atoms with van der Waals surface area (Å²) in [4.78, 5) is 25.8. The Labute approximate surface area is 444 Å². The minimum absolute atomic E-state index is 0.0883. The smallest absolute Gasteiger partial charge is 0.306 e. The minimum atomic E-state index is -1.78. The first-order valence-corrected chi connectivity index (χ1v) is 28.2. The lowest BCUT2D eigenvalue weighted by Gasteiger charge is -2.42. The van der Waals surface area contributed by atoms with Crippen molar-refractivity contribution in [1.29, 1.82) is 0 Å². The predicted molar refractivity (Wildman–Crippen MR) is 289 cm³/mol. The summed E-state index contributed by atoms with van der Waals surface area (Å²) >= 11 is 0. The Bertz CT molecular complexity index is 1610. The lowest BCUT2D eigenvalue weighted by molar-refractivity contribution is -0.332. The number of unbranched alkanes of at least 4 members (excludes halogenated alkanes) is 15. The molecule has 2 aliphatic heterocycles. The quantitative estimate of drug-likeness (QED) is 0.0172. The SMILES string of the molecule is CC/C=C/C/C=C/C/C=C/C/C=C/C/C=C/C/C=C/CCC(=O)OC[C@@H](CO[C@@H]1O[C@H](CO[C@@H]2O[C@H](CO)[C@H](O)C(O)C2O)[C@H](O)C(O)C1O)OC(=O)CCCCCCCCCCC/C=C/CCCCCCCC. The predicted octanol–water partition coefficient (Wildman–Crippen LogP) is 9.16. The van der Waals surface area contributed by atoms with Crippen molar-refractivity contribution in [3.8, 4) is 0 Å². The number of allylic oxidation sites excluding steroid dienone is 14. The van der Waals surface area contributed by atoms with Crippen LogP contribution in [0, 0.1) is 0 Å². The summed E-state index contributed by atoms with van der Waals surface area (Å²) in [6.45, 7) is 2.39. The lowest BCUT2D eigenvalue weighted by Crippen LogP contribution is -2.61. The van der Waals surface area contributed by atoms with Crippen LogP contribution in [0.5, 0.6) is 0 Å². The van der Waals surface area contributed by atoms with Gasteiger partial charge in [0.15, 0.2) is 18.7 Å². The van der Waals surface area contributed by atoms with E-state index in [0.29, 0.717) is 12.8 Å². The van der Waals surface area contributed by atoms with E-state index in [1.807, 2.05) is 12.2 Å². The zero-order valence-corrected chi connectivity index (χ0v) is 45.0. The van der Waals surface area contributed by atoms with Gasteiger partial charge in [-0.15, -0.1) is 0 Å². The molecule has 11 atom stereocenters. The molecule has 0 aromatic carbocycles. The van der Waals surface area contributed by atoms with Crippen LogP contribution >= 0.6 is 0 Å². The summed E-state index contributed by atoms with van der Waals surface area (Å²) in [6, 6.07) is 0. The topological polar surface area (TPSA) is 231 Å². The summed E-state index contributed by atoms with van der Waals surface area (Å²) in [7, 11) is 0. The summed E-state index contributed by atoms with van der Waals surface area (Å²) in [6.07, 6.45) is 39.0. The normalized spacial score (nSPS) is 25.3. The fourth-order valence-electron chi connectivity index (χ4n) is 8.30. The fourth-order valence-corrected chi connectivity index (χ4v) is 8.30. The third-order valence-corrected chi connectivity index (χ3v) is 12.9. The van der Waals surface area contributed by atoms with Gasteiger partial charge in [-0.3, -0.25) is 9.59 Å². The second-order valence-corrected chi connectivity index (χ2v) is 19.4. The van der Waals surface area contributed by atoms with Crippen LogP contribution in [0.4, 0.5) is 0 Å². The van der Waals surface area contributed by atoms with Gasteiger partial charge in [-0.2, -0.15) is 0 Å². The molecule has 2 rings (SSSR count). The van der Waals surface area contributed by atoms with Gasteiger partial charge in [0, 0.05) is 12.8 Å². The van der Waals surface area contributed by atoms with Crippen LogP contribution in [0.1, 0.15) is 181 Å². The number of hydrogen-bond acceptors (Lipinski definition) is 15. The van der Waals surface area contributed by atoms with Crippen molar-refractivity contribution in [2.45, 2.75) is 248 Å². The maximum Gasteiger partial charge on any atom is 0.306 e. The second kappa shape index (κ2) is 44.8. The number of aliphatic hydroxyl groups is 7. The monoisotopic (exact) mass is 1050 g/mol. The molecule has 0 bridgehead atoms. The first-order valence-electron chi connectivity index (χ1n) is 28.2. The Hall–Kier alpha value is -3.32. The van der Waals surface area contributed by atoms with E-state index in [9.17, 15) is 45.3 Å². The summed E-state index contributed by atoms with van der Waals surface area (Å²) in [5.41, 5.74) is 0. The Morgan fingerprint density at radius 1 is 0.446 bits per heavy atom. The van der Waals surface area contributed by atoms with E-state index in [0.717, 1.165) is 70.6 Å². The molecular formula is C59H98O15. The van der Waals surface area contributed by atoms with Crippen molar-refractivity contribution in [3.63, 3.8) is 0 Å². The highest BCUT2D eigenvalue weighted by Crippen LogP contribution is 2.26. The molecule has 2 fully saturated rings. The second-order valence-electron chi connectivity index (χ2n) is 19.4. The van der Waals surface area contributed by atoms with E-state index in [-0.39, 0.29) is 19.4 Å². The van der Waals surface area contributed by atoms with Crippen molar-refractivity contribution in [1.82, 2.24) is 0 Å². The maximum absolute atomic E-state index is 13.1. The van der Waals surface area contributed by atoms with Gasteiger partial charge in [0.2, 0.25) is 0 Å². The molecule has 4 unspecified atom stereocenters. The average Bonchev–Trinajstić information content (AvgIpc) is 3.39. The molecule has 15 nitrogen and oxygen atoms in total. The van der Waals surface area contributed by atoms with E-state index in [1.165, 1.54) is 70.6 Å². The molecule has 7 N–H and O–H groups in total. The summed E-state index contributed by atoms with van der Waals surface area (Å²) in [5.74, 6) is -1.03. The molecule has 0 aromatic rings.